The van der Waals surface area contributed by atoms with Crippen molar-refractivity contribution in [1.82, 2.24) is 0 Å². The molecule has 0 aromatic heterocycles. The van der Waals surface area contributed by atoms with Crippen LogP contribution in [0.15, 0.2) is 11.6 Å². The highest BCUT2D eigenvalue weighted by Gasteiger charge is 2.62. The van der Waals surface area contributed by atoms with Crippen molar-refractivity contribution in [1.29, 1.82) is 0 Å². The second-order valence-electron chi connectivity index (χ2n) is 9.40. The van der Waals surface area contributed by atoms with Gasteiger partial charge in [-0.2, -0.15) is 0 Å². The molecule has 3 nitrogen and oxygen atoms in total. The van der Waals surface area contributed by atoms with Gasteiger partial charge in [0.15, 0.2) is 5.78 Å². The number of hydrogen-bond donors (Lipinski definition) is 1. The minimum absolute atomic E-state index is 0.0333. The molecule has 3 fully saturated rings. The fraction of sp³-hybridized carbons (Fsp3) is 0.810. The lowest BCUT2D eigenvalue weighted by atomic mass is 9.46. The number of rotatable bonds is 1. The van der Waals surface area contributed by atoms with E-state index in [1.54, 1.807) is 6.92 Å². The maximum Gasteiger partial charge on any atom is 0.155 e. The van der Waals surface area contributed by atoms with Crippen molar-refractivity contribution >= 4 is 11.6 Å². The number of hydrogen-bond acceptors (Lipinski definition) is 3. The zero-order valence-corrected chi connectivity index (χ0v) is 15.2. The number of carbonyl (C=O) groups is 2. The highest BCUT2D eigenvalue weighted by Crippen LogP contribution is 2.66. The lowest BCUT2D eigenvalue weighted by Crippen LogP contribution is -2.51. The van der Waals surface area contributed by atoms with Crippen molar-refractivity contribution in [2.45, 2.75) is 71.8 Å². The summed E-state index contributed by atoms with van der Waals surface area (Å²) >= 11 is 0. The predicted molar refractivity (Wildman–Crippen MR) is 92.3 cm³/mol. The summed E-state index contributed by atoms with van der Waals surface area (Å²) in [5.74, 6) is 1.95. The van der Waals surface area contributed by atoms with Gasteiger partial charge in [0.25, 0.3) is 0 Å². The minimum atomic E-state index is -0.464. The highest BCUT2D eigenvalue weighted by atomic mass is 16.3. The summed E-state index contributed by atoms with van der Waals surface area (Å²) in [5, 5.41) is 10.6. The predicted octanol–water partition coefficient (Wildman–Crippen LogP) is 3.69. The molecule has 4 unspecified atom stereocenters. The normalized spacial score (nSPS) is 50.6. The number of fused-ring (bicyclic) bond motifs is 5. The number of Topliss-reactive ketones (excluding diaryl/α,β-unsaturated/α-hetero) is 1. The molecule has 7 atom stereocenters. The SMILES string of the molecule is CC(=O)[C@H]1C(O)CC2C3CCC4=CC(=O)CC[C@@]4(C)C3CC[C@@]21C. The van der Waals surface area contributed by atoms with Crippen LogP contribution in [-0.4, -0.2) is 22.8 Å². The molecule has 0 aliphatic heterocycles. The summed E-state index contributed by atoms with van der Waals surface area (Å²) in [7, 11) is 0. The van der Waals surface area contributed by atoms with Gasteiger partial charge in [-0.15, -0.1) is 0 Å². The third-order valence-electron chi connectivity index (χ3n) is 8.43. The van der Waals surface area contributed by atoms with E-state index in [-0.39, 0.29) is 22.5 Å². The Hall–Kier alpha value is -0.960. The second kappa shape index (κ2) is 5.27. The van der Waals surface area contributed by atoms with E-state index in [1.165, 1.54) is 5.57 Å². The molecular formula is C21H30O3. The monoisotopic (exact) mass is 330 g/mol. The molecule has 4 rings (SSSR count). The Kier molecular flexibility index (Phi) is 3.62. The van der Waals surface area contributed by atoms with Gasteiger partial charge in [-0.25, -0.2) is 0 Å². The van der Waals surface area contributed by atoms with E-state index in [4.69, 9.17) is 0 Å². The number of carbonyl (C=O) groups excluding carboxylic acids is 2. The Morgan fingerprint density at radius 2 is 1.92 bits per heavy atom. The molecule has 3 heteroatoms. The standard InChI is InChI=1S/C21H30O3/c1-12(22)19-18(24)11-17-15-5-4-13-10-14(23)6-8-20(13,2)16(15)7-9-21(17,19)3/h10,15-19,24H,4-9,11H2,1-3H3/t15?,16?,17?,18?,19-,20+,21-/m0/s1. The van der Waals surface area contributed by atoms with E-state index >= 15 is 0 Å². The van der Waals surface area contributed by atoms with Gasteiger partial charge in [0.05, 0.1) is 6.10 Å². The van der Waals surface area contributed by atoms with Crippen LogP contribution < -0.4 is 0 Å². The molecule has 4 aliphatic carbocycles. The van der Waals surface area contributed by atoms with Crippen LogP contribution in [0.1, 0.15) is 65.7 Å². The van der Waals surface area contributed by atoms with Crippen LogP contribution in [0.4, 0.5) is 0 Å². The number of ketones is 2. The van der Waals surface area contributed by atoms with E-state index in [1.807, 2.05) is 6.08 Å². The van der Waals surface area contributed by atoms with Crippen LogP contribution in [0.25, 0.3) is 0 Å². The summed E-state index contributed by atoms with van der Waals surface area (Å²) in [4.78, 5) is 24.1. The van der Waals surface area contributed by atoms with Gasteiger partial charge in [-0.1, -0.05) is 19.4 Å². The molecule has 132 valence electrons. The number of aliphatic hydroxyl groups excluding tert-OH is 1. The first-order valence-electron chi connectivity index (χ1n) is 9.70. The van der Waals surface area contributed by atoms with Crippen LogP contribution in [0.2, 0.25) is 0 Å². The van der Waals surface area contributed by atoms with Gasteiger partial charge in [0.2, 0.25) is 0 Å². The lowest BCUT2D eigenvalue weighted by molar-refractivity contribution is -0.131. The first kappa shape index (κ1) is 16.5. The zero-order chi connectivity index (χ0) is 17.3. The Morgan fingerprint density at radius 1 is 1.17 bits per heavy atom. The zero-order valence-electron chi connectivity index (χ0n) is 15.2. The summed E-state index contributed by atoms with van der Waals surface area (Å²) < 4.78 is 0. The molecule has 0 bridgehead atoms. The Bertz CT molecular complexity index is 621. The van der Waals surface area contributed by atoms with Crippen molar-refractivity contribution < 1.29 is 14.7 Å². The first-order chi connectivity index (χ1) is 11.3. The quantitative estimate of drug-likeness (QED) is 0.797. The molecule has 3 saturated carbocycles. The molecule has 0 aromatic carbocycles. The van der Waals surface area contributed by atoms with E-state index < -0.39 is 6.10 Å². The molecule has 0 aromatic rings. The highest BCUT2D eigenvalue weighted by molar-refractivity contribution is 5.91. The Balaban J connectivity index is 1.69. The first-order valence-corrected chi connectivity index (χ1v) is 9.70. The largest absolute Gasteiger partial charge is 0.392 e. The van der Waals surface area contributed by atoms with Crippen LogP contribution in [0.5, 0.6) is 0 Å². The fourth-order valence-corrected chi connectivity index (χ4v) is 7.31. The van der Waals surface area contributed by atoms with Crippen molar-refractivity contribution in [3.05, 3.63) is 11.6 Å². The fourth-order valence-electron chi connectivity index (χ4n) is 7.31. The van der Waals surface area contributed by atoms with Gasteiger partial charge >= 0.3 is 0 Å². The molecule has 0 heterocycles. The van der Waals surface area contributed by atoms with Crippen LogP contribution >= 0.6 is 0 Å². The molecule has 24 heavy (non-hydrogen) atoms. The molecule has 4 aliphatic rings. The van der Waals surface area contributed by atoms with Gasteiger partial charge in [0, 0.05) is 12.3 Å². The Morgan fingerprint density at radius 3 is 2.62 bits per heavy atom. The van der Waals surface area contributed by atoms with E-state index in [0.717, 1.165) is 38.5 Å². The minimum Gasteiger partial charge on any atom is -0.392 e. The topological polar surface area (TPSA) is 54.4 Å². The van der Waals surface area contributed by atoms with Crippen molar-refractivity contribution in [2.24, 2.45) is 34.5 Å². The molecule has 0 radical (unpaired) electrons. The molecule has 0 saturated heterocycles. The summed E-state index contributed by atoms with van der Waals surface area (Å²) in [6.45, 7) is 6.29. The van der Waals surface area contributed by atoms with Gasteiger partial charge in [0.1, 0.15) is 5.78 Å². The van der Waals surface area contributed by atoms with Gasteiger partial charge < -0.3 is 5.11 Å². The van der Waals surface area contributed by atoms with Crippen LogP contribution in [0, 0.1) is 34.5 Å². The van der Waals surface area contributed by atoms with Crippen molar-refractivity contribution in [3.8, 4) is 0 Å². The summed E-state index contributed by atoms with van der Waals surface area (Å²) in [6.07, 6.45) is 8.26. The Labute approximate surface area is 144 Å². The van der Waals surface area contributed by atoms with E-state index in [9.17, 15) is 14.7 Å². The third kappa shape index (κ3) is 2.06. The molecule has 0 amide bonds. The lowest BCUT2D eigenvalue weighted by Gasteiger charge is -2.57. The second-order valence-corrected chi connectivity index (χ2v) is 9.40. The average molecular weight is 330 g/mol. The van der Waals surface area contributed by atoms with Crippen LogP contribution in [-0.2, 0) is 9.59 Å². The van der Waals surface area contributed by atoms with E-state index in [2.05, 4.69) is 13.8 Å². The van der Waals surface area contributed by atoms with Crippen LogP contribution in [0.3, 0.4) is 0 Å². The summed E-state index contributed by atoms with van der Waals surface area (Å²) in [5.41, 5.74) is 1.51. The van der Waals surface area contributed by atoms with Gasteiger partial charge in [-0.3, -0.25) is 9.59 Å². The van der Waals surface area contributed by atoms with Crippen molar-refractivity contribution in [3.63, 3.8) is 0 Å². The molecule has 1 N–H and O–H groups in total. The molecule has 0 spiro atoms. The average Bonchev–Trinajstić information content (AvgIpc) is 2.78. The maximum absolute atomic E-state index is 12.2. The maximum atomic E-state index is 12.2. The number of aliphatic hydroxyl groups is 1. The molecular weight excluding hydrogens is 300 g/mol. The smallest absolute Gasteiger partial charge is 0.155 e. The van der Waals surface area contributed by atoms with E-state index in [0.29, 0.717) is 30.0 Å². The number of allylic oxidation sites excluding steroid dienone is 1. The van der Waals surface area contributed by atoms with Gasteiger partial charge in [-0.05, 0) is 80.1 Å². The summed E-state index contributed by atoms with van der Waals surface area (Å²) in [6, 6.07) is 0. The third-order valence-corrected chi connectivity index (χ3v) is 8.43. The van der Waals surface area contributed by atoms with Crippen molar-refractivity contribution in [2.75, 3.05) is 0 Å².